The molecule has 114 valence electrons. The monoisotopic (exact) mass is 294 g/mol. The second kappa shape index (κ2) is 7.12. The summed E-state index contributed by atoms with van der Waals surface area (Å²) >= 11 is 0. The number of rotatable bonds is 5. The Kier molecular flexibility index (Phi) is 4.74. The van der Waals surface area contributed by atoms with Crippen molar-refractivity contribution in [1.29, 1.82) is 0 Å². The van der Waals surface area contributed by atoms with Gasteiger partial charge in [-0.05, 0) is 30.5 Å². The van der Waals surface area contributed by atoms with Crippen LogP contribution in [0, 0.1) is 5.92 Å². The van der Waals surface area contributed by atoms with Gasteiger partial charge in [-0.2, -0.15) is 0 Å². The number of nitrogens with one attached hydrogen (secondary N) is 1. The molecule has 1 fully saturated rings. The average molecular weight is 294 g/mol. The average Bonchev–Trinajstić information content (AvgIpc) is 3.11. The molecule has 0 atom stereocenters. The maximum atomic E-state index is 12.5. The van der Waals surface area contributed by atoms with Crippen LogP contribution in [0.5, 0.6) is 0 Å². The number of carbonyl (C=O) groups is 1. The van der Waals surface area contributed by atoms with E-state index in [0.29, 0.717) is 6.54 Å². The highest BCUT2D eigenvalue weighted by molar-refractivity contribution is 5.80. The van der Waals surface area contributed by atoms with Gasteiger partial charge in [-0.15, -0.1) is 0 Å². The second-order valence-electron chi connectivity index (χ2n) is 5.86. The summed E-state index contributed by atoms with van der Waals surface area (Å²) in [6.45, 7) is 0.670. The highest BCUT2D eigenvalue weighted by atomic mass is 16.2. The zero-order valence-electron chi connectivity index (χ0n) is 12.7. The lowest BCUT2D eigenvalue weighted by Crippen LogP contribution is -2.44. The van der Waals surface area contributed by atoms with Gasteiger partial charge in [0, 0.05) is 5.92 Å². The Bertz CT molecular complexity index is 591. The van der Waals surface area contributed by atoms with Crippen LogP contribution < -0.4 is 10.4 Å². The first-order valence-corrected chi connectivity index (χ1v) is 8.00. The maximum Gasteiger partial charge on any atom is 0.241 e. The molecule has 2 aromatic carbocycles. The third kappa shape index (κ3) is 3.67. The van der Waals surface area contributed by atoms with E-state index in [1.807, 2.05) is 53.5 Å². The van der Waals surface area contributed by atoms with E-state index in [2.05, 4.69) is 17.6 Å². The fourth-order valence-corrected chi connectivity index (χ4v) is 2.98. The highest BCUT2D eigenvalue weighted by Gasteiger charge is 2.24. The van der Waals surface area contributed by atoms with E-state index in [-0.39, 0.29) is 11.8 Å². The van der Waals surface area contributed by atoms with Gasteiger partial charge in [0.25, 0.3) is 0 Å². The van der Waals surface area contributed by atoms with Crippen molar-refractivity contribution in [3.63, 3.8) is 0 Å². The molecule has 0 radical (unpaired) electrons. The molecule has 1 amide bonds. The molecule has 1 aliphatic rings. The molecular weight excluding hydrogens is 272 g/mol. The van der Waals surface area contributed by atoms with Gasteiger partial charge in [-0.3, -0.25) is 15.2 Å². The smallest absolute Gasteiger partial charge is 0.241 e. The Hall–Kier alpha value is -2.29. The van der Waals surface area contributed by atoms with Crippen LogP contribution in [0.4, 0.5) is 5.69 Å². The molecule has 1 N–H and O–H groups in total. The summed E-state index contributed by atoms with van der Waals surface area (Å²) < 4.78 is 0. The molecule has 0 aliphatic heterocycles. The summed E-state index contributed by atoms with van der Waals surface area (Å²) in [5.74, 6) is 0.319. The summed E-state index contributed by atoms with van der Waals surface area (Å²) in [6, 6.07) is 20.3. The van der Waals surface area contributed by atoms with Crippen molar-refractivity contribution < 1.29 is 4.79 Å². The van der Waals surface area contributed by atoms with Crippen LogP contribution >= 0.6 is 0 Å². The summed E-state index contributed by atoms with van der Waals surface area (Å²) in [6.07, 6.45) is 4.36. The standard InChI is InChI=1S/C19H22N2O/c22-19(17-11-7-8-12-17)20-21(18-13-5-2-6-14-18)15-16-9-3-1-4-10-16/h1-6,9-10,13-14,17H,7-8,11-12,15H2,(H,20,22). The lowest BCUT2D eigenvalue weighted by atomic mass is 10.1. The molecule has 0 saturated heterocycles. The third-order valence-corrected chi connectivity index (χ3v) is 4.22. The molecular formula is C19H22N2O. The van der Waals surface area contributed by atoms with Gasteiger partial charge in [-0.1, -0.05) is 61.4 Å². The highest BCUT2D eigenvalue weighted by Crippen LogP contribution is 2.25. The van der Waals surface area contributed by atoms with Crippen molar-refractivity contribution >= 4 is 11.6 Å². The van der Waals surface area contributed by atoms with E-state index in [1.54, 1.807) is 0 Å². The number of benzene rings is 2. The first-order chi connectivity index (χ1) is 10.8. The first-order valence-electron chi connectivity index (χ1n) is 8.00. The fraction of sp³-hybridized carbons (Fsp3) is 0.316. The Morgan fingerprint density at radius 3 is 2.18 bits per heavy atom. The molecule has 3 nitrogen and oxygen atoms in total. The van der Waals surface area contributed by atoms with Gasteiger partial charge in [0.15, 0.2) is 0 Å². The summed E-state index contributed by atoms with van der Waals surface area (Å²) in [5, 5.41) is 1.95. The van der Waals surface area contributed by atoms with Gasteiger partial charge >= 0.3 is 0 Å². The molecule has 3 heteroatoms. The molecule has 22 heavy (non-hydrogen) atoms. The first kappa shape index (κ1) is 14.6. The quantitative estimate of drug-likeness (QED) is 0.848. The van der Waals surface area contributed by atoms with Crippen LogP contribution in [0.3, 0.4) is 0 Å². The third-order valence-electron chi connectivity index (χ3n) is 4.22. The Labute approximate surface area is 131 Å². The number of para-hydroxylation sites is 1. The molecule has 0 spiro atoms. The molecule has 0 unspecified atom stereocenters. The summed E-state index contributed by atoms with van der Waals surface area (Å²) in [4.78, 5) is 12.5. The maximum absolute atomic E-state index is 12.5. The number of hydrogen-bond donors (Lipinski definition) is 1. The Morgan fingerprint density at radius 1 is 0.955 bits per heavy atom. The van der Waals surface area contributed by atoms with Crippen molar-refractivity contribution in [3.05, 3.63) is 66.2 Å². The second-order valence-corrected chi connectivity index (χ2v) is 5.86. The lowest BCUT2D eigenvalue weighted by molar-refractivity contribution is -0.125. The zero-order chi connectivity index (χ0) is 15.2. The van der Waals surface area contributed by atoms with Crippen LogP contribution in [0.25, 0.3) is 0 Å². The Balaban J connectivity index is 1.75. The van der Waals surface area contributed by atoms with E-state index in [0.717, 1.165) is 18.5 Å². The van der Waals surface area contributed by atoms with E-state index >= 15 is 0 Å². The molecule has 2 aromatic rings. The number of hydrogen-bond acceptors (Lipinski definition) is 2. The molecule has 1 aliphatic carbocycles. The van der Waals surface area contributed by atoms with Crippen LogP contribution in [-0.4, -0.2) is 5.91 Å². The molecule has 0 aromatic heterocycles. The largest absolute Gasteiger partial charge is 0.281 e. The normalized spacial score (nSPS) is 14.7. The number of anilines is 1. The molecule has 1 saturated carbocycles. The van der Waals surface area contributed by atoms with Crippen LogP contribution in [-0.2, 0) is 11.3 Å². The van der Waals surface area contributed by atoms with Crippen molar-refractivity contribution in [2.45, 2.75) is 32.2 Å². The van der Waals surface area contributed by atoms with Gasteiger partial charge in [0.1, 0.15) is 0 Å². The van der Waals surface area contributed by atoms with Gasteiger partial charge < -0.3 is 0 Å². The minimum absolute atomic E-state index is 0.150. The van der Waals surface area contributed by atoms with Crippen LogP contribution in [0.1, 0.15) is 31.2 Å². The summed E-state index contributed by atoms with van der Waals surface area (Å²) in [7, 11) is 0. The zero-order valence-corrected chi connectivity index (χ0v) is 12.7. The number of hydrazine groups is 1. The minimum Gasteiger partial charge on any atom is -0.281 e. The lowest BCUT2D eigenvalue weighted by Gasteiger charge is -2.27. The van der Waals surface area contributed by atoms with E-state index < -0.39 is 0 Å². The Morgan fingerprint density at radius 2 is 1.55 bits per heavy atom. The van der Waals surface area contributed by atoms with E-state index in [1.165, 1.54) is 18.4 Å². The predicted octanol–water partition coefficient (Wildman–Crippen LogP) is 3.91. The molecule has 0 bridgehead atoms. The topological polar surface area (TPSA) is 32.3 Å². The minimum atomic E-state index is 0.150. The van der Waals surface area contributed by atoms with Crippen molar-refractivity contribution in [3.8, 4) is 0 Å². The van der Waals surface area contributed by atoms with Gasteiger partial charge in [0.05, 0.1) is 12.2 Å². The van der Waals surface area contributed by atoms with E-state index in [9.17, 15) is 4.79 Å². The van der Waals surface area contributed by atoms with E-state index in [4.69, 9.17) is 0 Å². The number of carbonyl (C=O) groups excluding carboxylic acids is 1. The fourth-order valence-electron chi connectivity index (χ4n) is 2.98. The van der Waals surface area contributed by atoms with Gasteiger partial charge in [0.2, 0.25) is 5.91 Å². The molecule has 0 heterocycles. The molecule has 3 rings (SSSR count). The van der Waals surface area contributed by atoms with Gasteiger partial charge in [-0.25, -0.2) is 0 Å². The van der Waals surface area contributed by atoms with Crippen LogP contribution in [0.15, 0.2) is 60.7 Å². The number of nitrogens with zero attached hydrogens (tertiary/aromatic N) is 1. The van der Waals surface area contributed by atoms with Crippen LogP contribution in [0.2, 0.25) is 0 Å². The number of amides is 1. The van der Waals surface area contributed by atoms with Crippen molar-refractivity contribution in [2.75, 3.05) is 5.01 Å². The summed E-state index contributed by atoms with van der Waals surface area (Å²) in [5.41, 5.74) is 5.31. The SMILES string of the molecule is O=C(NN(Cc1ccccc1)c1ccccc1)C1CCCC1. The van der Waals surface area contributed by atoms with Crippen molar-refractivity contribution in [1.82, 2.24) is 5.43 Å². The van der Waals surface area contributed by atoms with Crippen molar-refractivity contribution in [2.24, 2.45) is 5.92 Å². The predicted molar refractivity (Wildman–Crippen MR) is 89.2 cm³/mol.